The predicted octanol–water partition coefficient (Wildman–Crippen LogP) is -0.0790. The molecular weight excluding hydrogens is 178 g/mol. The van der Waals surface area contributed by atoms with Gasteiger partial charge in [0.2, 0.25) is 5.91 Å². The zero-order valence-corrected chi connectivity index (χ0v) is 8.91. The van der Waals surface area contributed by atoms with Crippen molar-refractivity contribution in [1.29, 1.82) is 0 Å². The molecule has 4 nitrogen and oxygen atoms in total. The van der Waals surface area contributed by atoms with Crippen LogP contribution >= 0.6 is 0 Å². The molecule has 1 saturated heterocycles. The number of rotatable bonds is 4. The van der Waals surface area contributed by atoms with Crippen molar-refractivity contribution in [3.05, 3.63) is 0 Å². The van der Waals surface area contributed by atoms with Crippen LogP contribution in [-0.2, 0) is 4.79 Å². The maximum atomic E-state index is 10.7. The first-order valence-electron chi connectivity index (χ1n) is 5.36. The van der Waals surface area contributed by atoms with Gasteiger partial charge in [0.25, 0.3) is 0 Å². The monoisotopic (exact) mass is 199 g/mol. The van der Waals surface area contributed by atoms with Gasteiger partial charge in [0, 0.05) is 12.5 Å². The summed E-state index contributed by atoms with van der Waals surface area (Å²) in [4.78, 5) is 13.1. The molecule has 0 aromatic rings. The highest BCUT2D eigenvalue weighted by Crippen LogP contribution is 2.18. The second-order valence-electron chi connectivity index (χ2n) is 4.23. The van der Waals surface area contributed by atoms with Crippen LogP contribution in [0.25, 0.3) is 0 Å². The van der Waals surface area contributed by atoms with Crippen LogP contribution in [0.1, 0.15) is 26.2 Å². The van der Waals surface area contributed by atoms with Crippen LogP contribution in [0, 0.1) is 5.92 Å². The van der Waals surface area contributed by atoms with E-state index in [9.17, 15) is 4.79 Å². The fraction of sp³-hybridized carbons (Fsp3) is 0.900. The lowest BCUT2D eigenvalue weighted by Crippen LogP contribution is -2.42. The third-order valence-corrected chi connectivity index (χ3v) is 3.10. The summed E-state index contributed by atoms with van der Waals surface area (Å²) in [7, 11) is 0. The molecule has 4 heteroatoms. The van der Waals surface area contributed by atoms with Crippen molar-refractivity contribution < 1.29 is 4.79 Å². The zero-order chi connectivity index (χ0) is 10.6. The third-order valence-electron chi connectivity index (χ3n) is 3.10. The molecule has 0 aromatic heterocycles. The summed E-state index contributed by atoms with van der Waals surface area (Å²) in [5.74, 6) is 0.463. The number of likely N-dealkylation sites (tertiary alicyclic amines) is 1. The summed E-state index contributed by atoms with van der Waals surface area (Å²) in [6, 6.07) is 0.284. The van der Waals surface area contributed by atoms with E-state index >= 15 is 0 Å². The highest BCUT2D eigenvalue weighted by atomic mass is 16.1. The van der Waals surface area contributed by atoms with Crippen LogP contribution in [0.15, 0.2) is 0 Å². The lowest BCUT2D eigenvalue weighted by atomic mass is 9.96. The van der Waals surface area contributed by atoms with E-state index in [1.807, 2.05) is 0 Å². The van der Waals surface area contributed by atoms with Crippen LogP contribution in [0.4, 0.5) is 0 Å². The zero-order valence-electron chi connectivity index (χ0n) is 8.91. The van der Waals surface area contributed by atoms with E-state index in [4.69, 9.17) is 11.5 Å². The molecule has 0 bridgehead atoms. The Bertz CT molecular complexity index is 188. The minimum atomic E-state index is -0.210. The van der Waals surface area contributed by atoms with Crippen LogP contribution in [0.2, 0.25) is 0 Å². The van der Waals surface area contributed by atoms with E-state index in [1.54, 1.807) is 0 Å². The average molecular weight is 199 g/mol. The highest BCUT2D eigenvalue weighted by molar-refractivity contribution is 5.74. The molecule has 82 valence electrons. The number of carbonyl (C=O) groups excluding carboxylic acids is 1. The number of carbonyl (C=O) groups is 1. The Labute approximate surface area is 85.6 Å². The number of primary amides is 1. The van der Waals surface area contributed by atoms with Gasteiger partial charge in [-0.05, 0) is 45.3 Å². The summed E-state index contributed by atoms with van der Waals surface area (Å²) in [6.07, 6.45) is 2.77. The number of nitrogens with zero attached hydrogens (tertiary/aromatic N) is 1. The first-order valence-corrected chi connectivity index (χ1v) is 5.36. The van der Waals surface area contributed by atoms with Crippen molar-refractivity contribution in [2.75, 3.05) is 19.6 Å². The molecule has 14 heavy (non-hydrogen) atoms. The highest BCUT2D eigenvalue weighted by Gasteiger charge is 2.22. The minimum Gasteiger partial charge on any atom is -0.370 e. The van der Waals surface area contributed by atoms with Gasteiger partial charge in [0.15, 0.2) is 0 Å². The Balaban J connectivity index is 2.30. The van der Waals surface area contributed by atoms with E-state index < -0.39 is 0 Å². The molecule has 4 N–H and O–H groups in total. The fourth-order valence-electron chi connectivity index (χ4n) is 2.05. The molecule has 1 rings (SSSR count). The molecule has 0 saturated carbocycles. The van der Waals surface area contributed by atoms with Gasteiger partial charge in [-0.2, -0.15) is 0 Å². The van der Waals surface area contributed by atoms with Crippen LogP contribution in [0.5, 0.6) is 0 Å². The molecular formula is C10H21N3O. The summed E-state index contributed by atoms with van der Waals surface area (Å²) in [5, 5.41) is 0. The van der Waals surface area contributed by atoms with Gasteiger partial charge in [-0.3, -0.25) is 4.79 Å². The normalized spacial score (nSPS) is 22.1. The van der Waals surface area contributed by atoms with Crippen molar-refractivity contribution in [2.45, 2.75) is 32.2 Å². The van der Waals surface area contributed by atoms with Gasteiger partial charge < -0.3 is 16.4 Å². The first-order chi connectivity index (χ1) is 6.63. The Morgan fingerprint density at radius 1 is 1.50 bits per heavy atom. The van der Waals surface area contributed by atoms with Crippen molar-refractivity contribution in [3.63, 3.8) is 0 Å². The predicted molar refractivity (Wildman–Crippen MR) is 56.6 cm³/mol. The Hall–Kier alpha value is -0.610. The summed E-state index contributed by atoms with van der Waals surface area (Å²) < 4.78 is 0. The fourth-order valence-corrected chi connectivity index (χ4v) is 2.05. The molecule has 1 heterocycles. The number of nitrogens with two attached hydrogens (primary N) is 2. The van der Waals surface area contributed by atoms with Gasteiger partial charge in [0.05, 0.1) is 0 Å². The number of piperidine rings is 1. The maximum Gasteiger partial charge on any atom is 0.218 e. The SMILES string of the molecule is CC(CC(N)=O)N1CCC(CN)CC1. The maximum absolute atomic E-state index is 10.7. The molecule has 1 amide bonds. The van der Waals surface area contributed by atoms with Crippen molar-refractivity contribution in [3.8, 4) is 0 Å². The quantitative estimate of drug-likeness (QED) is 0.665. The molecule has 1 atom stereocenters. The topological polar surface area (TPSA) is 72.4 Å². The molecule has 0 aromatic carbocycles. The minimum absolute atomic E-state index is 0.210. The second kappa shape index (κ2) is 5.32. The van der Waals surface area contributed by atoms with Gasteiger partial charge in [0.1, 0.15) is 0 Å². The van der Waals surface area contributed by atoms with E-state index in [1.165, 1.54) is 0 Å². The first kappa shape index (κ1) is 11.5. The van der Waals surface area contributed by atoms with Crippen molar-refractivity contribution >= 4 is 5.91 Å². The van der Waals surface area contributed by atoms with Crippen molar-refractivity contribution in [2.24, 2.45) is 17.4 Å². The molecule has 0 radical (unpaired) electrons. The largest absolute Gasteiger partial charge is 0.370 e. The van der Waals surface area contributed by atoms with Gasteiger partial charge in [-0.25, -0.2) is 0 Å². The van der Waals surface area contributed by atoms with Crippen LogP contribution < -0.4 is 11.5 Å². The standard InChI is InChI=1S/C10H21N3O/c1-8(6-10(12)14)13-4-2-9(7-11)3-5-13/h8-9H,2-7,11H2,1H3,(H2,12,14). The number of amides is 1. The van der Waals surface area contributed by atoms with Crippen LogP contribution in [0.3, 0.4) is 0 Å². The van der Waals surface area contributed by atoms with Crippen molar-refractivity contribution in [1.82, 2.24) is 4.90 Å². The van der Waals surface area contributed by atoms with E-state index in [-0.39, 0.29) is 11.9 Å². The number of hydrogen-bond donors (Lipinski definition) is 2. The lowest BCUT2D eigenvalue weighted by Gasteiger charge is -2.35. The van der Waals surface area contributed by atoms with E-state index in [0.29, 0.717) is 12.3 Å². The molecule has 0 spiro atoms. The molecule has 1 aliphatic rings. The average Bonchev–Trinajstić information content (AvgIpc) is 2.17. The second-order valence-corrected chi connectivity index (χ2v) is 4.23. The molecule has 1 aliphatic heterocycles. The lowest BCUT2D eigenvalue weighted by molar-refractivity contribution is -0.119. The smallest absolute Gasteiger partial charge is 0.218 e. The Kier molecular flexibility index (Phi) is 4.35. The number of hydrogen-bond acceptors (Lipinski definition) is 3. The molecule has 1 fully saturated rings. The molecule has 1 unspecified atom stereocenters. The van der Waals surface area contributed by atoms with E-state index in [0.717, 1.165) is 32.5 Å². The van der Waals surface area contributed by atoms with Gasteiger partial charge in [-0.15, -0.1) is 0 Å². The van der Waals surface area contributed by atoms with E-state index in [2.05, 4.69) is 11.8 Å². The summed E-state index contributed by atoms with van der Waals surface area (Å²) >= 11 is 0. The van der Waals surface area contributed by atoms with Gasteiger partial charge in [-0.1, -0.05) is 0 Å². The molecule has 0 aliphatic carbocycles. The Morgan fingerprint density at radius 3 is 2.50 bits per heavy atom. The third kappa shape index (κ3) is 3.27. The summed E-state index contributed by atoms with van der Waals surface area (Å²) in [6.45, 7) is 4.96. The Morgan fingerprint density at radius 2 is 2.07 bits per heavy atom. The van der Waals surface area contributed by atoms with Crippen LogP contribution in [-0.4, -0.2) is 36.5 Å². The van der Waals surface area contributed by atoms with Gasteiger partial charge >= 0.3 is 0 Å². The summed E-state index contributed by atoms with van der Waals surface area (Å²) in [5.41, 5.74) is 10.8.